The maximum absolute atomic E-state index is 13.1. The van der Waals surface area contributed by atoms with E-state index in [0.717, 1.165) is 42.9 Å². The van der Waals surface area contributed by atoms with Crippen molar-refractivity contribution in [3.8, 4) is 0 Å². The van der Waals surface area contributed by atoms with Crippen LogP contribution in [0.15, 0.2) is 51.1 Å². The first-order valence-electron chi connectivity index (χ1n) is 11.0. The first-order chi connectivity index (χ1) is 16.1. The molecule has 1 saturated heterocycles. The van der Waals surface area contributed by atoms with E-state index in [1.807, 2.05) is 18.2 Å². The Hall–Kier alpha value is -2.70. The standard InChI is InChI=1S/C21H25N7O3S2/c1-2-27-19-9-8-17(33(29,30)26-10-4-3-5-11-26)13-18(19)22-20(27)15-32-21-23-24-25-28(21)14-16-7-6-12-31-16/h6-9,12-13H,2-5,10-11,14-15H2,1H3. The summed E-state index contributed by atoms with van der Waals surface area (Å²) in [6.45, 7) is 4.39. The molecule has 0 spiro atoms. The smallest absolute Gasteiger partial charge is 0.243 e. The molecule has 0 unspecified atom stereocenters. The van der Waals surface area contributed by atoms with Crippen molar-refractivity contribution in [2.75, 3.05) is 13.1 Å². The van der Waals surface area contributed by atoms with Gasteiger partial charge in [-0.15, -0.1) is 5.10 Å². The van der Waals surface area contributed by atoms with Crippen LogP contribution in [0.4, 0.5) is 0 Å². The second-order valence-electron chi connectivity index (χ2n) is 7.87. The predicted octanol–water partition coefficient (Wildman–Crippen LogP) is 3.15. The van der Waals surface area contributed by atoms with Gasteiger partial charge in [0.2, 0.25) is 15.2 Å². The number of piperidine rings is 1. The van der Waals surface area contributed by atoms with Crippen LogP contribution in [0.1, 0.15) is 37.8 Å². The van der Waals surface area contributed by atoms with Gasteiger partial charge in [-0.05, 0) is 60.5 Å². The molecule has 174 valence electrons. The number of sulfonamides is 1. The lowest BCUT2D eigenvalue weighted by atomic mass is 10.2. The molecular formula is C21H25N7O3S2. The van der Waals surface area contributed by atoms with Crippen molar-refractivity contribution in [2.45, 2.75) is 55.1 Å². The number of fused-ring (bicyclic) bond motifs is 1. The lowest BCUT2D eigenvalue weighted by molar-refractivity contribution is 0.346. The number of rotatable bonds is 8. The Balaban J connectivity index is 1.38. The van der Waals surface area contributed by atoms with Crippen LogP contribution < -0.4 is 0 Å². The highest BCUT2D eigenvalue weighted by molar-refractivity contribution is 7.98. The van der Waals surface area contributed by atoms with E-state index in [2.05, 4.69) is 27.0 Å². The molecule has 0 bridgehead atoms. The quantitative estimate of drug-likeness (QED) is 0.349. The molecule has 1 aliphatic rings. The number of imidazole rings is 1. The summed E-state index contributed by atoms with van der Waals surface area (Å²) in [7, 11) is -3.50. The van der Waals surface area contributed by atoms with Crippen molar-refractivity contribution in [1.29, 1.82) is 0 Å². The summed E-state index contributed by atoms with van der Waals surface area (Å²) in [4.78, 5) is 5.08. The van der Waals surface area contributed by atoms with E-state index in [9.17, 15) is 8.42 Å². The van der Waals surface area contributed by atoms with Gasteiger partial charge in [0.1, 0.15) is 18.1 Å². The number of thioether (sulfide) groups is 1. The number of aryl methyl sites for hydroxylation is 1. The van der Waals surface area contributed by atoms with E-state index in [1.54, 1.807) is 27.4 Å². The monoisotopic (exact) mass is 487 g/mol. The van der Waals surface area contributed by atoms with Crippen molar-refractivity contribution in [3.05, 3.63) is 48.2 Å². The Morgan fingerprint density at radius 1 is 1.15 bits per heavy atom. The van der Waals surface area contributed by atoms with Crippen molar-refractivity contribution < 1.29 is 12.8 Å². The van der Waals surface area contributed by atoms with Crippen LogP contribution in [0.5, 0.6) is 0 Å². The van der Waals surface area contributed by atoms with Gasteiger partial charge in [0, 0.05) is 19.6 Å². The molecular weight excluding hydrogens is 462 g/mol. The van der Waals surface area contributed by atoms with E-state index in [0.29, 0.717) is 41.0 Å². The Morgan fingerprint density at radius 2 is 2.00 bits per heavy atom. The van der Waals surface area contributed by atoms with Crippen molar-refractivity contribution in [1.82, 2.24) is 34.1 Å². The summed E-state index contributed by atoms with van der Waals surface area (Å²) < 4.78 is 37.0. The SMILES string of the molecule is CCn1c(CSc2nnnn2Cc2ccco2)nc2cc(S(=O)(=O)N3CCCCC3)ccc21. The first-order valence-corrected chi connectivity index (χ1v) is 13.4. The number of hydrogen-bond donors (Lipinski definition) is 0. The topological polar surface area (TPSA) is 112 Å². The maximum Gasteiger partial charge on any atom is 0.243 e. The number of hydrogen-bond acceptors (Lipinski definition) is 8. The van der Waals surface area contributed by atoms with Crippen LogP contribution in [0.3, 0.4) is 0 Å². The van der Waals surface area contributed by atoms with Crippen molar-refractivity contribution in [3.63, 3.8) is 0 Å². The van der Waals surface area contributed by atoms with Gasteiger partial charge in [-0.1, -0.05) is 18.2 Å². The molecule has 0 N–H and O–H groups in total. The van der Waals surface area contributed by atoms with Crippen LogP contribution >= 0.6 is 11.8 Å². The van der Waals surface area contributed by atoms with Gasteiger partial charge in [0.25, 0.3) is 0 Å². The fourth-order valence-electron chi connectivity index (χ4n) is 4.12. The Labute approximate surface area is 196 Å². The first kappa shape index (κ1) is 22.1. The van der Waals surface area contributed by atoms with Crippen molar-refractivity contribution >= 4 is 32.8 Å². The van der Waals surface area contributed by atoms with Crippen LogP contribution in [-0.2, 0) is 28.9 Å². The van der Waals surface area contributed by atoms with Gasteiger partial charge in [-0.2, -0.15) is 4.31 Å². The lowest BCUT2D eigenvalue weighted by Crippen LogP contribution is -2.35. The van der Waals surface area contributed by atoms with Gasteiger partial charge in [-0.25, -0.2) is 18.1 Å². The summed E-state index contributed by atoms with van der Waals surface area (Å²) in [5.41, 5.74) is 1.60. The van der Waals surface area contributed by atoms with E-state index in [1.165, 1.54) is 11.8 Å². The molecule has 10 nitrogen and oxygen atoms in total. The minimum absolute atomic E-state index is 0.305. The van der Waals surface area contributed by atoms with Gasteiger partial charge in [-0.3, -0.25) is 0 Å². The maximum atomic E-state index is 13.1. The number of tetrazole rings is 1. The number of aromatic nitrogens is 6. The third-order valence-electron chi connectivity index (χ3n) is 5.78. The highest BCUT2D eigenvalue weighted by Crippen LogP contribution is 2.27. The molecule has 0 radical (unpaired) electrons. The van der Waals surface area contributed by atoms with E-state index in [4.69, 9.17) is 9.40 Å². The third kappa shape index (κ3) is 4.42. The zero-order valence-electron chi connectivity index (χ0n) is 18.3. The molecule has 1 aromatic carbocycles. The molecule has 3 aromatic heterocycles. The molecule has 0 atom stereocenters. The molecule has 33 heavy (non-hydrogen) atoms. The summed E-state index contributed by atoms with van der Waals surface area (Å²) >= 11 is 1.48. The highest BCUT2D eigenvalue weighted by atomic mass is 32.2. The van der Waals surface area contributed by atoms with Crippen LogP contribution in [0.25, 0.3) is 11.0 Å². The van der Waals surface area contributed by atoms with Gasteiger partial charge >= 0.3 is 0 Å². The van der Waals surface area contributed by atoms with Crippen LogP contribution in [0, 0.1) is 0 Å². The normalized spacial score (nSPS) is 15.4. The minimum atomic E-state index is -3.50. The lowest BCUT2D eigenvalue weighted by Gasteiger charge is -2.25. The predicted molar refractivity (Wildman–Crippen MR) is 123 cm³/mol. The fraction of sp³-hybridized carbons (Fsp3) is 0.429. The van der Waals surface area contributed by atoms with Gasteiger partial charge in [0.15, 0.2) is 0 Å². The molecule has 0 amide bonds. The zero-order valence-corrected chi connectivity index (χ0v) is 19.9. The summed E-state index contributed by atoms with van der Waals surface area (Å²) in [6, 6.07) is 8.96. The van der Waals surface area contributed by atoms with Crippen LogP contribution in [-0.4, -0.2) is 55.6 Å². The summed E-state index contributed by atoms with van der Waals surface area (Å²) in [5, 5.41) is 12.6. The van der Waals surface area contributed by atoms with Gasteiger partial charge < -0.3 is 8.98 Å². The molecule has 4 heterocycles. The second-order valence-corrected chi connectivity index (χ2v) is 10.8. The molecule has 5 rings (SSSR count). The average Bonchev–Trinajstić information content (AvgIpc) is 3.58. The largest absolute Gasteiger partial charge is 0.467 e. The molecule has 1 fully saturated rings. The fourth-order valence-corrected chi connectivity index (χ4v) is 6.48. The molecule has 0 saturated carbocycles. The molecule has 12 heteroatoms. The summed E-state index contributed by atoms with van der Waals surface area (Å²) in [5.74, 6) is 2.17. The Bertz CT molecular complexity index is 1340. The van der Waals surface area contributed by atoms with E-state index in [-0.39, 0.29) is 0 Å². The second kappa shape index (κ2) is 9.27. The Morgan fingerprint density at radius 3 is 2.76 bits per heavy atom. The summed E-state index contributed by atoms with van der Waals surface area (Å²) in [6.07, 6.45) is 4.52. The number of nitrogens with zero attached hydrogens (tertiary/aromatic N) is 7. The molecule has 1 aliphatic heterocycles. The molecule has 0 aliphatic carbocycles. The number of furan rings is 1. The average molecular weight is 488 g/mol. The zero-order chi connectivity index (χ0) is 22.8. The van der Waals surface area contributed by atoms with E-state index < -0.39 is 10.0 Å². The van der Waals surface area contributed by atoms with E-state index >= 15 is 0 Å². The number of benzene rings is 1. The highest BCUT2D eigenvalue weighted by Gasteiger charge is 2.26. The minimum Gasteiger partial charge on any atom is -0.467 e. The van der Waals surface area contributed by atoms with Crippen molar-refractivity contribution in [2.24, 2.45) is 0 Å². The third-order valence-corrected chi connectivity index (χ3v) is 8.63. The van der Waals surface area contributed by atoms with Gasteiger partial charge in [0.05, 0.1) is 27.9 Å². The molecule has 4 aromatic rings. The Kier molecular flexibility index (Phi) is 6.21. The van der Waals surface area contributed by atoms with Crippen LogP contribution in [0.2, 0.25) is 0 Å².